The number of ether oxygens (including phenoxy) is 1. The number of fused-ring (bicyclic) bond motifs is 2. The molecule has 2 aliphatic heterocycles. The highest BCUT2D eigenvalue weighted by Crippen LogP contribution is 2.50. The van der Waals surface area contributed by atoms with Crippen LogP contribution in [0.1, 0.15) is 36.0 Å². The Labute approximate surface area is 217 Å². The van der Waals surface area contributed by atoms with Crippen molar-refractivity contribution in [1.29, 1.82) is 0 Å². The minimum Gasteiger partial charge on any atom is -0.384 e. The molecule has 38 heavy (non-hydrogen) atoms. The summed E-state index contributed by atoms with van der Waals surface area (Å²) in [4.78, 5) is 16.9. The van der Waals surface area contributed by atoms with Crippen molar-refractivity contribution in [3.05, 3.63) is 59.2 Å². The highest BCUT2D eigenvalue weighted by molar-refractivity contribution is 5.77. The van der Waals surface area contributed by atoms with Crippen LogP contribution in [0.4, 0.5) is 26.3 Å². The minimum absolute atomic E-state index is 0.120. The van der Waals surface area contributed by atoms with Gasteiger partial charge in [0.1, 0.15) is 0 Å². The van der Waals surface area contributed by atoms with E-state index in [0.717, 1.165) is 49.2 Å². The average molecular weight is 545 g/mol. The van der Waals surface area contributed by atoms with E-state index in [1.54, 1.807) is 13.2 Å². The summed E-state index contributed by atoms with van der Waals surface area (Å²) in [6.45, 7) is 4.41. The van der Waals surface area contributed by atoms with E-state index in [-0.39, 0.29) is 18.0 Å². The van der Waals surface area contributed by atoms with Crippen molar-refractivity contribution >= 4 is 5.91 Å². The zero-order valence-corrected chi connectivity index (χ0v) is 21.1. The quantitative estimate of drug-likeness (QED) is 0.488. The second-order valence-corrected chi connectivity index (χ2v) is 10.1. The monoisotopic (exact) mass is 544 g/mol. The van der Waals surface area contributed by atoms with Gasteiger partial charge in [0.15, 0.2) is 0 Å². The van der Waals surface area contributed by atoms with Crippen LogP contribution in [-0.2, 0) is 21.7 Å². The van der Waals surface area contributed by atoms with Gasteiger partial charge in [-0.3, -0.25) is 9.69 Å². The molecule has 0 saturated carbocycles. The minimum atomic E-state index is -5.92. The molecule has 5 nitrogen and oxygen atoms in total. The second kappa shape index (κ2) is 10.5. The Kier molecular flexibility index (Phi) is 7.84. The number of benzene rings is 2. The zero-order chi connectivity index (χ0) is 27.9. The molecule has 1 amide bonds. The molecule has 2 saturated heterocycles. The van der Waals surface area contributed by atoms with Gasteiger partial charge in [0.25, 0.3) is 5.60 Å². The van der Waals surface area contributed by atoms with Gasteiger partial charge < -0.3 is 14.7 Å². The summed E-state index contributed by atoms with van der Waals surface area (Å²) < 4.78 is 84.1. The van der Waals surface area contributed by atoms with Crippen molar-refractivity contribution in [1.82, 2.24) is 9.80 Å². The Morgan fingerprint density at radius 2 is 1.55 bits per heavy atom. The first kappa shape index (κ1) is 28.4. The van der Waals surface area contributed by atoms with E-state index < -0.39 is 23.5 Å². The summed E-state index contributed by atoms with van der Waals surface area (Å²) in [7, 11) is 1.57. The first-order valence-corrected chi connectivity index (χ1v) is 12.3. The Bertz CT molecular complexity index is 1120. The standard InChI is InChI=1S/C27H30F6N2O3/c1-17-13-18(14-34-15-21-8-9-22(16-34)35(21)24(36)11-12-38-2)3-10-23(17)19-4-6-20(7-5-19)25(37,26(28,29)30)27(31,32)33/h3-7,10,13,21-22,37H,8-9,11-12,14-16H2,1-2H3. The topological polar surface area (TPSA) is 53.0 Å². The lowest BCUT2D eigenvalue weighted by molar-refractivity contribution is -0.376. The number of aliphatic hydroxyl groups is 1. The molecular weight excluding hydrogens is 514 g/mol. The Morgan fingerprint density at radius 3 is 2.05 bits per heavy atom. The van der Waals surface area contributed by atoms with Crippen LogP contribution in [0.2, 0.25) is 0 Å². The molecule has 0 radical (unpaired) electrons. The highest BCUT2D eigenvalue weighted by atomic mass is 19.4. The Morgan fingerprint density at radius 1 is 0.974 bits per heavy atom. The number of halogens is 6. The number of aryl methyl sites for hydroxylation is 1. The van der Waals surface area contributed by atoms with Gasteiger partial charge in [0, 0.05) is 44.4 Å². The van der Waals surface area contributed by atoms with E-state index in [2.05, 4.69) is 4.90 Å². The molecule has 2 aromatic rings. The van der Waals surface area contributed by atoms with E-state index in [4.69, 9.17) is 4.74 Å². The van der Waals surface area contributed by atoms with Crippen LogP contribution in [-0.4, -0.2) is 72.1 Å². The van der Waals surface area contributed by atoms with Crippen molar-refractivity contribution in [2.24, 2.45) is 0 Å². The van der Waals surface area contributed by atoms with Crippen LogP contribution in [0.25, 0.3) is 11.1 Å². The summed E-state index contributed by atoms with van der Waals surface area (Å²) in [6.07, 6.45) is -9.55. The Hall–Kier alpha value is -2.63. The third-order valence-electron chi connectivity index (χ3n) is 7.50. The number of methoxy groups -OCH3 is 1. The van der Waals surface area contributed by atoms with Gasteiger partial charge >= 0.3 is 12.4 Å². The number of likely N-dealkylation sites (tertiary alicyclic amines) is 1. The summed E-state index contributed by atoms with van der Waals surface area (Å²) in [5.74, 6) is 0.120. The number of amides is 1. The fourth-order valence-electron chi connectivity index (χ4n) is 5.63. The number of piperazine rings is 1. The number of hydrogen-bond acceptors (Lipinski definition) is 4. The molecular formula is C27H30F6N2O3. The van der Waals surface area contributed by atoms with Gasteiger partial charge in [-0.2, -0.15) is 26.3 Å². The third-order valence-corrected chi connectivity index (χ3v) is 7.50. The molecule has 4 rings (SSSR count). The molecule has 208 valence electrons. The van der Waals surface area contributed by atoms with Crippen molar-refractivity contribution in [2.45, 2.75) is 62.8 Å². The highest BCUT2D eigenvalue weighted by Gasteiger charge is 2.71. The van der Waals surface area contributed by atoms with Gasteiger partial charge in [-0.05, 0) is 42.0 Å². The molecule has 0 aromatic heterocycles. The first-order chi connectivity index (χ1) is 17.8. The molecule has 2 unspecified atom stereocenters. The maximum absolute atomic E-state index is 13.2. The van der Waals surface area contributed by atoms with Crippen molar-refractivity contribution < 1.29 is 41.0 Å². The largest absolute Gasteiger partial charge is 0.430 e. The predicted molar refractivity (Wildman–Crippen MR) is 128 cm³/mol. The zero-order valence-electron chi connectivity index (χ0n) is 21.1. The fourth-order valence-corrected chi connectivity index (χ4v) is 5.63. The number of alkyl halides is 6. The predicted octanol–water partition coefficient (Wildman–Crippen LogP) is 5.19. The number of carbonyl (C=O) groups excluding carboxylic acids is 1. The van der Waals surface area contributed by atoms with Gasteiger partial charge in [-0.1, -0.05) is 42.5 Å². The van der Waals surface area contributed by atoms with Crippen LogP contribution in [0, 0.1) is 6.92 Å². The molecule has 0 aliphatic carbocycles. The van der Waals surface area contributed by atoms with E-state index >= 15 is 0 Å². The maximum atomic E-state index is 13.2. The normalized spacial score (nSPS) is 20.7. The van der Waals surface area contributed by atoms with E-state index in [0.29, 0.717) is 42.8 Å². The number of rotatable bonds is 7. The fraction of sp³-hybridized carbons (Fsp3) is 0.519. The number of carbonyl (C=O) groups is 1. The molecule has 2 bridgehead atoms. The molecule has 2 aromatic carbocycles. The molecule has 0 spiro atoms. The average Bonchev–Trinajstić information content (AvgIpc) is 3.11. The SMILES string of the molecule is COCCC(=O)N1C2CCC1CN(Cc1ccc(-c3ccc(C(O)(C(F)(F)F)C(F)(F)F)cc3)c(C)c1)C2. The molecule has 2 atom stereocenters. The van der Waals surface area contributed by atoms with Crippen LogP contribution in [0.5, 0.6) is 0 Å². The van der Waals surface area contributed by atoms with Crippen molar-refractivity contribution in [2.75, 3.05) is 26.8 Å². The molecule has 2 fully saturated rings. The van der Waals surface area contributed by atoms with E-state index in [9.17, 15) is 36.2 Å². The lowest BCUT2D eigenvalue weighted by atomic mass is 9.90. The summed E-state index contributed by atoms with van der Waals surface area (Å²) in [5.41, 5.74) is -3.31. The van der Waals surface area contributed by atoms with Crippen LogP contribution in [0.15, 0.2) is 42.5 Å². The van der Waals surface area contributed by atoms with E-state index in [1.807, 2.05) is 24.0 Å². The first-order valence-electron chi connectivity index (χ1n) is 12.3. The lowest BCUT2D eigenvalue weighted by Gasteiger charge is -2.41. The molecule has 11 heteroatoms. The summed E-state index contributed by atoms with van der Waals surface area (Å²) in [5, 5.41) is 9.61. The second-order valence-electron chi connectivity index (χ2n) is 10.1. The maximum Gasteiger partial charge on any atom is 0.430 e. The summed E-state index contributed by atoms with van der Waals surface area (Å²) >= 11 is 0. The smallest absolute Gasteiger partial charge is 0.384 e. The van der Waals surface area contributed by atoms with Crippen LogP contribution >= 0.6 is 0 Å². The molecule has 2 aliphatic rings. The lowest BCUT2D eigenvalue weighted by Crippen LogP contribution is -2.55. The van der Waals surface area contributed by atoms with Crippen LogP contribution < -0.4 is 0 Å². The van der Waals surface area contributed by atoms with Gasteiger partial charge in [-0.15, -0.1) is 0 Å². The van der Waals surface area contributed by atoms with Crippen LogP contribution in [0.3, 0.4) is 0 Å². The van der Waals surface area contributed by atoms with Crippen molar-refractivity contribution in [3.63, 3.8) is 0 Å². The molecule has 1 N–H and O–H groups in total. The number of hydrogen-bond donors (Lipinski definition) is 1. The van der Waals surface area contributed by atoms with E-state index in [1.165, 1.54) is 0 Å². The molecule has 2 heterocycles. The Balaban J connectivity index is 1.46. The van der Waals surface area contributed by atoms with Gasteiger partial charge in [0.2, 0.25) is 5.91 Å². The van der Waals surface area contributed by atoms with Gasteiger partial charge in [-0.25, -0.2) is 0 Å². The van der Waals surface area contributed by atoms with Gasteiger partial charge in [0.05, 0.1) is 13.0 Å². The third kappa shape index (κ3) is 5.28. The number of nitrogens with zero attached hydrogens (tertiary/aromatic N) is 2. The van der Waals surface area contributed by atoms with Crippen molar-refractivity contribution in [3.8, 4) is 11.1 Å². The summed E-state index contributed by atoms with van der Waals surface area (Å²) in [6, 6.07) is 9.58.